The molecule has 0 aliphatic rings. The second-order valence-electron chi connectivity index (χ2n) is 4.67. The summed E-state index contributed by atoms with van der Waals surface area (Å²) in [6.45, 7) is 3.85. The van der Waals surface area contributed by atoms with Crippen LogP contribution in [0.25, 0.3) is 10.9 Å². The van der Waals surface area contributed by atoms with Gasteiger partial charge in [-0.3, -0.25) is 0 Å². The first-order valence-corrected chi connectivity index (χ1v) is 7.11. The normalized spacial score (nSPS) is 12.0. The van der Waals surface area contributed by atoms with Crippen LogP contribution >= 0.6 is 23.2 Å². The van der Waals surface area contributed by atoms with Crippen molar-refractivity contribution in [3.63, 3.8) is 0 Å². The molecule has 0 aliphatic carbocycles. The molecule has 2 nitrogen and oxygen atoms in total. The topological polar surface area (TPSA) is 24.9 Å². The highest BCUT2D eigenvalue weighted by molar-refractivity contribution is 6.39. The molecular weight excluding hydrogens is 324 g/mol. The van der Waals surface area contributed by atoms with E-state index in [2.05, 4.69) is 10.3 Å². The first-order chi connectivity index (χ1) is 9.75. The van der Waals surface area contributed by atoms with E-state index in [9.17, 15) is 13.2 Å². The van der Waals surface area contributed by atoms with Crippen LogP contribution in [-0.4, -0.2) is 11.5 Å². The Morgan fingerprint density at radius 2 is 1.90 bits per heavy atom. The highest BCUT2D eigenvalue weighted by atomic mass is 35.5. The Morgan fingerprint density at radius 1 is 1.24 bits per heavy atom. The van der Waals surface area contributed by atoms with E-state index < -0.39 is 11.9 Å². The molecule has 7 heteroatoms. The summed E-state index contributed by atoms with van der Waals surface area (Å²) in [6, 6.07) is 2.88. The van der Waals surface area contributed by atoms with Gasteiger partial charge >= 0.3 is 6.18 Å². The molecule has 2 rings (SSSR count). The molecule has 0 fully saturated rings. The molecule has 0 bridgehead atoms. The van der Waals surface area contributed by atoms with Crippen molar-refractivity contribution in [3.05, 3.63) is 33.4 Å². The number of pyridine rings is 1. The SMILES string of the molecule is CCCNc1c(C)c(C(F)(F)F)nc2cc(Cl)cc(Cl)c12. The smallest absolute Gasteiger partial charge is 0.384 e. The number of aromatic nitrogens is 1. The number of alkyl halides is 3. The molecule has 1 N–H and O–H groups in total. The summed E-state index contributed by atoms with van der Waals surface area (Å²) in [5.74, 6) is 0. The Kier molecular flexibility index (Phi) is 4.54. The maximum atomic E-state index is 13.1. The molecule has 1 aromatic carbocycles. The summed E-state index contributed by atoms with van der Waals surface area (Å²) in [4.78, 5) is 3.70. The summed E-state index contributed by atoms with van der Waals surface area (Å²) in [6.07, 6.45) is -3.76. The minimum Gasteiger partial charge on any atom is -0.384 e. The van der Waals surface area contributed by atoms with Gasteiger partial charge in [0.25, 0.3) is 0 Å². The van der Waals surface area contributed by atoms with Crippen molar-refractivity contribution in [1.82, 2.24) is 4.98 Å². The van der Waals surface area contributed by atoms with Crippen molar-refractivity contribution in [3.8, 4) is 0 Å². The number of benzene rings is 1. The molecule has 0 aliphatic heterocycles. The molecule has 0 atom stereocenters. The largest absolute Gasteiger partial charge is 0.433 e. The molecule has 0 radical (unpaired) electrons. The van der Waals surface area contributed by atoms with Gasteiger partial charge in [-0.25, -0.2) is 4.98 Å². The van der Waals surface area contributed by atoms with Crippen LogP contribution < -0.4 is 5.32 Å². The van der Waals surface area contributed by atoms with E-state index >= 15 is 0 Å². The minimum absolute atomic E-state index is 0.0349. The zero-order chi connectivity index (χ0) is 15.8. The van der Waals surface area contributed by atoms with Gasteiger partial charge in [0.1, 0.15) is 5.69 Å². The maximum Gasteiger partial charge on any atom is 0.433 e. The second-order valence-corrected chi connectivity index (χ2v) is 5.51. The number of rotatable bonds is 3. The standard InChI is InChI=1S/C14H13Cl2F3N2/c1-3-4-20-12-7(2)13(14(17,18)19)21-10-6-8(15)5-9(16)11(10)12/h5-6H,3-4H2,1-2H3,(H,20,21). The second kappa shape index (κ2) is 5.89. The van der Waals surface area contributed by atoms with Gasteiger partial charge < -0.3 is 5.32 Å². The van der Waals surface area contributed by atoms with Gasteiger partial charge in [0.05, 0.1) is 16.2 Å². The third-order valence-electron chi connectivity index (χ3n) is 3.07. The predicted molar refractivity (Wildman–Crippen MR) is 80.3 cm³/mol. The quantitative estimate of drug-likeness (QED) is 0.778. The number of nitrogens with zero attached hydrogens (tertiary/aromatic N) is 1. The molecule has 0 amide bonds. The first-order valence-electron chi connectivity index (χ1n) is 6.36. The van der Waals surface area contributed by atoms with E-state index in [4.69, 9.17) is 23.2 Å². The Balaban J connectivity index is 2.83. The van der Waals surface area contributed by atoms with E-state index in [0.717, 1.165) is 6.42 Å². The average molecular weight is 337 g/mol. The molecule has 0 saturated carbocycles. The number of fused-ring (bicyclic) bond motifs is 1. The van der Waals surface area contributed by atoms with Crippen LogP contribution in [0.2, 0.25) is 10.0 Å². The third kappa shape index (κ3) is 3.19. The van der Waals surface area contributed by atoms with Crippen molar-refractivity contribution in [2.45, 2.75) is 26.4 Å². The lowest BCUT2D eigenvalue weighted by atomic mass is 10.1. The van der Waals surface area contributed by atoms with Crippen LogP contribution in [-0.2, 0) is 6.18 Å². The van der Waals surface area contributed by atoms with Gasteiger partial charge in [-0.05, 0) is 25.5 Å². The highest BCUT2D eigenvalue weighted by Gasteiger charge is 2.36. The first kappa shape index (κ1) is 16.2. The zero-order valence-electron chi connectivity index (χ0n) is 11.4. The lowest BCUT2D eigenvalue weighted by Crippen LogP contribution is -2.14. The third-order valence-corrected chi connectivity index (χ3v) is 3.58. The number of hydrogen-bond acceptors (Lipinski definition) is 2. The fourth-order valence-corrected chi connectivity index (χ4v) is 2.73. The van der Waals surface area contributed by atoms with E-state index in [1.165, 1.54) is 19.1 Å². The maximum absolute atomic E-state index is 13.1. The summed E-state index contributed by atoms with van der Waals surface area (Å²) in [7, 11) is 0. The molecule has 2 aromatic rings. The lowest BCUT2D eigenvalue weighted by Gasteiger charge is -2.18. The Bertz CT molecular complexity index is 684. The zero-order valence-corrected chi connectivity index (χ0v) is 12.9. The molecule has 21 heavy (non-hydrogen) atoms. The highest BCUT2D eigenvalue weighted by Crippen LogP contribution is 2.40. The lowest BCUT2D eigenvalue weighted by molar-refractivity contribution is -0.141. The van der Waals surface area contributed by atoms with Gasteiger partial charge in [-0.15, -0.1) is 0 Å². The Hall–Kier alpha value is -1.20. The van der Waals surface area contributed by atoms with Gasteiger partial charge in [0.15, 0.2) is 0 Å². The van der Waals surface area contributed by atoms with Gasteiger partial charge in [-0.2, -0.15) is 13.2 Å². The van der Waals surface area contributed by atoms with Crippen LogP contribution in [0.15, 0.2) is 12.1 Å². The van der Waals surface area contributed by atoms with E-state index in [-0.39, 0.29) is 21.1 Å². The Morgan fingerprint density at radius 3 is 2.48 bits per heavy atom. The predicted octanol–water partition coefficient (Wildman–Crippen LogP) is 5.69. The van der Waals surface area contributed by atoms with Crippen molar-refractivity contribution in [1.29, 1.82) is 0 Å². The van der Waals surface area contributed by atoms with Gasteiger partial charge in [0.2, 0.25) is 0 Å². The molecule has 114 valence electrons. The fourth-order valence-electron chi connectivity index (χ4n) is 2.15. The number of nitrogens with one attached hydrogen (secondary N) is 1. The Labute approximate surface area is 130 Å². The van der Waals surface area contributed by atoms with Crippen LogP contribution in [0, 0.1) is 6.92 Å². The summed E-state index contributed by atoms with van der Waals surface area (Å²) in [5.41, 5.74) is -0.403. The van der Waals surface area contributed by atoms with Crippen LogP contribution in [0.5, 0.6) is 0 Å². The van der Waals surface area contributed by atoms with Crippen LogP contribution in [0.3, 0.4) is 0 Å². The molecule has 0 saturated heterocycles. The van der Waals surface area contributed by atoms with Crippen molar-refractivity contribution >= 4 is 39.8 Å². The fraction of sp³-hybridized carbons (Fsp3) is 0.357. The van der Waals surface area contributed by atoms with E-state index in [1.807, 2.05) is 6.92 Å². The molecule has 0 unspecified atom stereocenters. The van der Waals surface area contributed by atoms with Crippen molar-refractivity contribution in [2.24, 2.45) is 0 Å². The van der Waals surface area contributed by atoms with Crippen LogP contribution in [0.1, 0.15) is 24.6 Å². The average Bonchev–Trinajstić information content (AvgIpc) is 2.36. The number of hydrogen-bond donors (Lipinski definition) is 1. The number of halogens is 5. The van der Waals surface area contributed by atoms with Gasteiger partial charge in [0, 0.05) is 22.5 Å². The molecular formula is C14H13Cl2F3N2. The molecule has 1 aromatic heterocycles. The van der Waals surface area contributed by atoms with Crippen molar-refractivity contribution in [2.75, 3.05) is 11.9 Å². The monoisotopic (exact) mass is 336 g/mol. The van der Waals surface area contributed by atoms with E-state index in [0.29, 0.717) is 17.6 Å². The minimum atomic E-state index is -4.53. The summed E-state index contributed by atoms with van der Waals surface area (Å²) < 4.78 is 39.4. The number of anilines is 1. The van der Waals surface area contributed by atoms with Crippen molar-refractivity contribution < 1.29 is 13.2 Å². The van der Waals surface area contributed by atoms with Gasteiger partial charge in [-0.1, -0.05) is 30.1 Å². The molecule has 0 spiro atoms. The molecule has 1 heterocycles. The van der Waals surface area contributed by atoms with E-state index in [1.54, 1.807) is 0 Å². The van der Waals surface area contributed by atoms with Crippen LogP contribution in [0.4, 0.5) is 18.9 Å². The summed E-state index contributed by atoms with van der Waals surface area (Å²) >= 11 is 12.0. The summed E-state index contributed by atoms with van der Waals surface area (Å²) in [5, 5.41) is 4.00.